The molecule has 2 aromatic rings. The molecule has 0 aromatic carbocycles. The largest absolute Gasteiger partial charge is 0.477 e. The number of carboxylic acid groups (broad SMARTS) is 1. The lowest BCUT2D eigenvalue weighted by Gasteiger charge is -2.39. The number of fused-ring (bicyclic) bond motifs is 1. The lowest BCUT2D eigenvalue weighted by atomic mass is 10.1. The average Bonchev–Trinajstić information content (AvgIpc) is 3.12. The van der Waals surface area contributed by atoms with E-state index in [-0.39, 0.29) is 17.6 Å². The molecule has 0 saturated carbocycles. The van der Waals surface area contributed by atoms with E-state index in [1.54, 1.807) is 4.90 Å². The van der Waals surface area contributed by atoms with Gasteiger partial charge in [0.1, 0.15) is 5.69 Å². The molecular weight excluding hydrogens is 298 g/mol. The maximum atomic E-state index is 12.5. The second-order valence-corrected chi connectivity index (χ2v) is 6.03. The minimum Gasteiger partial charge on any atom is -0.477 e. The van der Waals surface area contributed by atoms with Crippen molar-refractivity contribution in [2.75, 3.05) is 13.1 Å². The monoisotopic (exact) mass is 315 g/mol. The lowest BCUT2D eigenvalue weighted by Crippen LogP contribution is -2.51. The molecule has 1 amide bonds. The fraction of sp³-hybridized carbons (Fsp3) is 0.467. The summed E-state index contributed by atoms with van der Waals surface area (Å²) in [5.41, 5.74) is 1.76. The SMILES string of the molecule is O=C(O)c1ccnn1C1CN(C(=O)c2cc3n(n2)CCCC3)C1. The summed E-state index contributed by atoms with van der Waals surface area (Å²) in [5.74, 6) is -1.10. The fourth-order valence-corrected chi connectivity index (χ4v) is 3.23. The van der Waals surface area contributed by atoms with Gasteiger partial charge in [0.2, 0.25) is 0 Å². The van der Waals surface area contributed by atoms with E-state index in [1.807, 2.05) is 10.7 Å². The van der Waals surface area contributed by atoms with Gasteiger partial charge in [0.05, 0.1) is 6.04 Å². The second-order valence-electron chi connectivity index (χ2n) is 6.03. The van der Waals surface area contributed by atoms with Crippen LogP contribution in [0.25, 0.3) is 0 Å². The Hall–Kier alpha value is -2.64. The van der Waals surface area contributed by atoms with Crippen molar-refractivity contribution in [2.45, 2.75) is 31.8 Å². The first-order valence-corrected chi connectivity index (χ1v) is 7.76. The Morgan fingerprint density at radius 3 is 2.83 bits per heavy atom. The molecule has 8 heteroatoms. The van der Waals surface area contributed by atoms with Crippen molar-refractivity contribution < 1.29 is 14.7 Å². The van der Waals surface area contributed by atoms with Crippen molar-refractivity contribution >= 4 is 11.9 Å². The minimum absolute atomic E-state index is 0.0858. The summed E-state index contributed by atoms with van der Waals surface area (Å²) in [6.45, 7) is 1.80. The lowest BCUT2D eigenvalue weighted by molar-refractivity contribution is 0.0476. The highest BCUT2D eigenvalue weighted by atomic mass is 16.4. The maximum absolute atomic E-state index is 12.5. The summed E-state index contributed by atoms with van der Waals surface area (Å²) in [6, 6.07) is 3.26. The Balaban J connectivity index is 1.45. The number of aryl methyl sites for hydroxylation is 2. The molecule has 4 heterocycles. The van der Waals surface area contributed by atoms with Crippen LogP contribution < -0.4 is 0 Å². The number of hydrogen-bond acceptors (Lipinski definition) is 4. The van der Waals surface area contributed by atoms with E-state index >= 15 is 0 Å². The van der Waals surface area contributed by atoms with Gasteiger partial charge in [0, 0.05) is 31.5 Å². The number of nitrogens with zero attached hydrogens (tertiary/aromatic N) is 5. The molecule has 2 aliphatic rings. The first-order chi connectivity index (χ1) is 11.1. The summed E-state index contributed by atoms with van der Waals surface area (Å²) in [4.78, 5) is 25.3. The molecule has 8 nitrogen and oxygen atoms in total. The Morgan fingerprint density at radius 1 is 1.26 bits per heavy atom. The highest BCUT2D eigenvalue weighted by molar-refractivity contribution is 5.93. The molecule has 0 spiro atoms. The summed E-state index contributed by atoms with van der Waals surface area (Å²) in [6.07, 6.45) is 4.68. The number of amides is 1. The van der Waals surface area contributed by atoms with Crippen LogP contribution in [0, 0.1) is 0 Å². The molecule has 120 valence electrons. The zero-order chi connectivity index (χ0) is 16.0. The predicted octanol–water partition coefficient (Wildman–Crippen LogP) is 0.811. The van der Waals surface area contributed by atoms with Crippen molar-refractivity contribution in [2.24, 2.45) is 0 Å². The molecule has 0 radical (unpaired) electrons. The van der Waals surface area contributed by atoms with Crippen LogP contribution in [0.3, 0.4) is 0 Å². The van der Waals surface area contributed by atoms with Crippen LogP contribution in [-0.2, 0) is 13.0 Å². The normalized spacial score (nSPS) is 17.7. The Labute approximate surface area is 132 Å². The number of carbonyl (C=O) groups excluding carboxylic acids is 1. The van der Waals surface area contributed by atoms with Gasteiger partial charge >= 0.3 is 5.97 Å². The van der Waals surface area contributed by atoms with Gasteiger partial charge in [-0.15, -0.1) is 0 Å². The summed E-state index contributed by atoms with van der Waals surface area (Å²) >= 11 is 0. The number of rotatable bonds is 3. The van der Waals surface area contributed by atoms with Crippen LogP contribution in [0.15, 0.2) is 18.3 Å². The molecule has 0 bridgehead atoms. The Kier molecular flexibility index (Phi) is 3.17. The molecule has 0 unspecified atom stereocenters. The first kappa shape index (κ1) is 14.0. The number of carboxylic acids is 1. The van der Waals surface area contributed by atoms with Crippen molar-refractivity contribution in [3.63, 3.8) is 0 Å². The van der Waals surface area contributed by atoms with Crippen molar-refractivity contribution in [1.29, 1.82) is 0 Å². The number of hydrogen-bond donors (Lipinski definition) is 1. The molecule has 0 aliphatic carbocycles. The highest BCUT2D eigenvalue weighted by Crippen LogP contribution is 2.25. The highest BCUT2D eigenvalue weighted by Gasteiger charge is 2.36. The number of likely N-dealkylation sites (tertiary alicyclic amines) is 1. The van der Waals surface area contributed by atoms with Gasteiger partial charge in [0.15, 0.2) is 5.69 Å². The summed E-state index contributed by atoms with van der Waals surface area (Å²) < 4.78 is 3.40. The smallest absolute Gasteiger partial charge is 0.354 e. The van der Waals surface area contributed by atoms with E-state index in [2.05, 4.69) is 10.2 Å². The van der Waals surface area contributed by atoms with Crippen LogP contribution in [0.5, 0.6) is 0 Å². The molecule has 2 aliphatic heterocycles. The molecule has 1 saturated heterocycles. The van der Waals surface area contributed by atoms with Crippen LogP contribution >= 0.6 is 0 Å². The van der Waals surface area contributed by atoms with E-state index in [1.165, 1.54) is 16.9 Å². The number of aromatic carboxylic acids is 1. The predicted molar refractivity (Wildman–Crippen MR) is 79.3 cm³/mol. The fourth-order valence-electron chi connectivity index (χ4n) is 3.23. The first-order valence-electron chi connectivity index (χ1n) is 7.76. The van der Waals surface area contributed by atoms with Crippen LogP contribution in [0.2, 0.25) is 0 Å². The molecule has 0 atom stereocenters. The van der Waals surface area contributed by atoms with E-state index in [9.17, 15) is 9.59 Å². The van der Waals surface area contributed by atoms with Crippen LogP contribution in [0.1, 0.15) is 45.6 Å². The van der Waals surface area contributed by atoms with Gasteiger partial charge in [-0.1, -0.05) is 0 Å². The van der Waals surface area contributed by atoms with Gasteiger partial charge in [-0.3, -0.25) is 14.2 Å². The zero-order valence-corrected chi connectivity index (χ0v) is 12.6. The quantitative estimate of drug-likeness (QED) is 0.905. The third-order valence-corrected chi connectivity index (χ3v) is 4.52. The average molecular weight is 315 g/mol. The number of carbonyl (C=O) groups is 2. The van der Waals surface area contributed by atoms with Gasteiger partial charge in [-0.2, -0.15) is 10.2 Å². The third-order valence-electron chi connectivity index (χ3n) is 4.52. The van der Waals surface area contributed by atoms with Gasteiger partial charge < -0.3 is 10.0 Å². The molecule has 1 N–H and O–H groups in total. The van der Waals surface area contributed by atoms with Crippen LogP contribution in [-0.4, -0.2) is 54.5 Å². The molecule has 4 rings (SSSR count). The summed E-state index contributed by atoms with van der Waals surface area (Å²) in [7, 11) is 0. The Bertz CT molecular complexity index is 748. The van der Waals surface area contributed by atoms with E-state index in [0.717, 1.165) is 31.5 Å². The Morgan fingerprint density at radius 2 is 2.09 bits per heavy atom. The molecule has 2 aromatic heterocycles. The standard InChI is InChI=1S/C15H17N5O3/c21-14(12-7-10-3-1-2-6-19(10)17-12)18-8-11(9-18)20-13(15(22)23)4-5-16-20/h4-5,7,11H,1-3,6,8-9H2,(H,22,23). The van der Waals surface area contributed by atoms with Crippen molar-refractivity contribution in [3.8, 4) is 0 Å². The van der Waals surface area contributed by atoms with Gasteiger partial charge in [-0.05, 0) is 31.4 Å². The minimum atomic E-state index is -1.01. The third kappa shape index (κ3) is 2.30. The second kappa shape index (κ2) is 5.22. The van der Waals surface area contributed by atoms with Gasteiger partial charge in [0.25, 0.3) is 5.91 Å². The maximum Gasteiger partial charge on any atom is 0.354 e. The van der Waals surface area contributed by atoms with Gasteiger partial charge in [-0.25, -0.2) is 4.79 Å². The van der Waals surface area contributed by atoms with E-state index in [4.69, 9.17) is 5.11 Å². The van der Waals surface area contributed by atoms with Crippen molar-refractivity contribution in [1.82, 2.24) is 24.5 Å². The van der Waals surface area contributed by atoms with Crippen LogP contribution in [0.4, 0.5) is 0 Å². The molecular formula is C15H17N5O3. The van der Waals surface area contributed by atoms with E-state index < -0.39 is 5.97 Å². The molecule has 1 fully saturated rings. The van der Waals surface area contributed by atoms with E-state index in [0.29, 0.717) is 18.8 Å². The molecule has 23 heavy (non-hydrogen) atoms. The zero-order valence-electron chi connectivity index (χ0n) is 12.6. The topological polar surface area (TPSA) is 93.3 Å². The number of aromatic nitrogens is 4. The van der Waals surface area contributed by atoms with Crippen molar-refractivity contribution in [3.05, 3.63) is 35.4 Å². The summed E-state index contributed by atoms with van der Waals surface area (Å²) in [5, 5.41) is 17.6.